The van der Waals surface area contributed by atoms with Crippen LogP contribution in [0.1, 0.15) is 44.5 Å². The summed E-state index contributed by atoms with van der Waals surface area (Å²) in [5, 5.41) is 8.29. The standard InChI is InChI=1S/C12H14ClN5OS/c1-6(2)10-14-8(13)5-9(15-10)20-12-17-16-11(19)18(12)7-3-4-7/h5-7H,3-4H2,1-2H3,(H,16,19). The summed E-state index contributed by atoms with van der Waals surface area (Å²) in [5.74, 6) is 0.883. The molecule has 1 saturated carbocycles. The highest BCUT2D eigenvalue weighted by molar-refractivity contribution is 7.99. The molecular formula is C12H14ClN5OS. The van der Waals surface area contributed by atoms with Crippen molar-refractivity contribution in [1.82, 2.24) is 24.7 Å². The molecule has 106 valence electrons. The number of H-pyrrole nitrogens is 1. The van der Waals surface area contributed by atoms with E-state index in [0.717, 1.165) is 12.8 Å². The molecule has 20 heavy (non-hydrogen) atoms. The first kappa shape index (κ1) is 13.6. The van der Waals surface area contributed by atoms with Gasteiger partial charge in [-0.3, -0.25) is 4.57 Å². The smallest absolute Gasteiger partial charge is 0.267 e. The van der Waals surface area contributed by atoms with Crippen molar-refractivity contribution in [2.24, 2.45) is 0 Å². The predicted molar refractivity (Wildman–Crippen MR) is 76.4 cm³/mol. The third-order valence-electron chi connectivity index (χ3n) is 2.99. The minimum Gasteiger partial charge on any atom is -0.267 e. The van der Waals surface area contributed by atoms with Gasteiger partial charge in [-0.2, -0.15) is 0 Å². The summed E-state index contributed by atoms with van der Waals surface area (Å²) >= 11 is 7.35. The van der Waals surface area contributed by atoms with Crippen LogP contribution in [0.15, 0.2) is 21.0 Å². The van der Waals surface area contributed by atoms with Gasteiger partial charge in [-0.05, 0) is 24.6 Å². The van der Waals surface area contributed by atoms with Gasteiger partial charge in [-0.1, -0.05) is 25.4 Å². The lowest BCUT2D eigenvalue weighted by molar-refractivity contribution is 0.641. The number of nitrogens with one attached hydrogen (secondary N) is 1. The summed E-state index contributed by atoms with van der Waals surface area (Å²) in [7, 11) is 0. The molecule has 2 aromatic heterocycles. The van der Waals surface area contributed by atoms with Crippen LogP contribution in [0, 0.1) is 0 Å². The van der Waals surface area contributed by atoms with Crippen LogP contribution in [0.2, 0.25) is 5.15 Å². The topological polar surface area (TPSA) is 76.5 Å². The lowest BCUT2D eigenvalue weighted by Gasteiger charge is -2.07. The van der Waals surface area contributed by atoms with Gasteiger partial charge in [0.25, 0.3) is 0 Å². The van der Waals surface area contributed by atoms with Gasteiger partial charge < -0.3 is 0 Å². The molecule has 0 atom stereocenters. The molecule has 0 aliphatic heterocycles. The van der Waals surface area contributed by atoms with E-state index in [-0.39, 0.29) is 17.6 Å². The third kappa shape index (κ3) is 2.73. The van der Waals surface area contributed by atoms with E-state index in [9.17, 15) is 4.79 Å². The van der Waals surface area contributed by atoms with E-state index in [4.69, 9.17) is 11.6 Å². The van der Waals surface area contributed by atoms with Gasteiger partial charge in [-0.25, -0.2) is 19.9 Å². The van der Waals surface area contributed by atoms with Crippen LogP contribution in [0.4, 0.5) is 0 Å². The average Bonchev–Trinajstić information content (AvgIpc) is 3.14. The number of halogens is 1. The van der Waals surface area contributed by atoms with Gasteiger partial charge in [0, 0.05) is 18.0 Å². The van der Waals surface area contributed by atoms with Crippen molar-refractivity contribution in [3.05, 3.63) is 27.5 Å². The molecule has 0 radical (unpaired) electrons. The fraction of sp³-hybridized carbons (Fsp3) is 0.500. The number of aromatic nitrogens is 5. The Morgan fingerprint density at radius 3 is 2.85 bits per heavy atom. The first-order valence-corrected chi connectivity index (χ1v) is 7.63. The number of hydrogen-bond acceptors (Lipinski definition) is 5. The van der Waals surface area contributed by atoms with Crippen LogP contribution in [0.3, 0.4) is 0 Å². The molecule has 0 amide bonds. The Morgan fingerprint density at radius 1 is 1.45 bits per heavy atom. The number of hydrogen-bond donors (Lipinski definition) is 1. The molecule has 6 nitrogen and oxygen atoms in total. The molecule has 1 fully saturated rings. The van der Waals surface area contributed by atoms with Crippen LogP contribution in [-0.4, -0.2) is 24.7 Å². The van der Waals surface area contributed by atoms with E-state index in [1.54, 1.807) is 10.6 Å². The molecule has 3 rings (SSSR count). The zero-order valence-electron chi connectivity index (χ0n) is 11.1. The minimum atomic E-state index is -0.167. The molecule has 0 spiro atoms. The quantitative estimate of drug-likeness (QED) is 0.878. The normalized spacial score (nSPS) is 15.0. The maximum absolute atomic E-state index is 11.7. The Labute approximate surface area is 125 Å². The summed E-state index contributed by atoms with van der Waals surface area (Å²) < 4.78 is 1.69. The predicted octanol–water partition coefficient (Wildman–Crippen LogP) is 2.62. The molecule has 2 aromatic rings. The molecule has 8 heteroatoms. The summed E-state index contributed by atoms with van der Waals surface area (Å²) in [5.41, 5.74) is -0.167. The number of nitrogens with zero attached hydrogens (tertiary/aromatic N) is 4. The van der Waals surface area contributed by atoms with Crippen LogP contribution in [0.5, 0.6) is 0 Å². The average molecular weight is 312 g/mol. The van der Waals surface area contributed by atoms with Crippen LogP contribution < -0.4 is 5.69 Å². The molecule has 1 aliphatic rings. The van der Waals surface area contributed by atoms with Gasteiger partial charge in [0.15, 0.2) is 5.16 Å². The Morgan fingerprint density at radius 2 is 2.20 bits per heavy atom. The fourth-order valence-electron chi connectivity index (χ4n) is 1.83. The highest BCUT2D eigenvalue weighted by Crippen LogP contribution is 2.37. The first-order valence-electron chi connectivity index (χ1n) is 6.44. The lowest BCUT2D eigenvalue weighted by Crippen LogP contribution is -2.16. The van der Waals surface area contributed by atoms with Crippen LogP contribution in [0.25, 0.3) is 0 Å². The third-order valence-corrected chi connectivity index (χ3v) is 4.07. The van der Waals surface area contributed by atoms with Crippen LogP contribution >= 0.6 is 23.4 Å². The number of aromatic amines is 1. The second-order valence-electron chi connectivity index (χ2n) is 5.06. The molecule has 1 N–H and O–H groups in total. The summed E-state index contributed by atoms with van der Waals surface area (Å²) in [6.45, 7) is 4.02. The Hall–Kier alpha value is -1.34. The van der Waals surface area contributed by atoms with Crippen molar-refractivity contribution >= 4 is 23.4 Å². The maximum Gasteiger partial charge on any atom is 0.344 e. The zero-order chi connectivity index (χ0) is 14.3. The van der Waals surface area contributed by atoms with Gasteiger partial charge in [0.2, 0.25) is 0 Å². The summed E-state index contributed by atoms with van der Waals surface area (Å²) in [6, 6.07) is 1.96. The monoisotopic (exact) mass is 311 g/mol. The van der Waals surface area contributed by atoms with E-state index in [0.29, 0.717) is 21.2 Å². The second-order valence-corrected chi connectivity index (χ2v) is 6.43. The minimum absolute atomic E-state index is 0.167. The van der Waals surface area contributed by atoms with E-state index in [2.05, 4.69) is 20.2 Å². The van der Waals surface area contributed by atoms with E-state index >= 15 is 0 Å². The fourth-order valence-corrected chi connectivity index (χ4v) is 3.01. The Bertz CT molecular complexity index is 691. The van der Waals surface area contributed by atoms with Crippen LogP contribution in [-0.2, 0) is 0 Å². The Balaban J connectivity index is 1.93. The van der Waals surface area contributed by atoms with E-state index in [1.165, 1.54) is 11.8 Å². The molecule has 0 aromatic carbocycles. The molecule has 2 heterocycles. The zero-order valence-corrected chi connectivity index (χ0v) is 12.7. The lowest BCUT2D eigenvalue weighted by atomic mass is 10.2. The van der Waals surface area contributed by atoms with Gasteiger partial charge in [0.05, 0.1) is 0 Å². The van der Waals surface area contributed by atoms with Crippen molar-refractivity contribution in [3.63, 3.8) is 0 Å². The van der Waals surface area contributed by atoms with Crippen molar-refractivity contribution in [2.75, 3.05) is 0 Å². The Kier molecular flexibility index (Phi) is 3.55. The SMILES string of the molecule is CC(C)c1nc(Cl)cc(Sc2n[nH]c(=O)n2C2CC2)n1. The van der Waals surface area contributed by atoms with Gasteiger partial charge in [0.1, 0.15) is 16.0 Å². The van der Waals surface area contributed by atoms with Gasteiger partial charge >= 0.3 is 5.69 Å². The van der Waals surface area contributed by atoms with Crippen molar-refractivity contribution in [3.8, 4) is 0 Å². The highest BCUT2D eigenvalue weighted by Gasteiger charge is 2.29. The number of rotatable bonds is 4. The second kappa shape index (κ2) is 5.21. The molecule has 1 aliphatic carbocycles. The van der Waals surface area contributed by atoms with Crippen molar-refractivity contribution in [1.29, 1.82) is 0 Å². The van der Waals surface area contributed by atoms with E-state index < -0.39 is 0 Å². The van der Waals surface area contributed by atoms with Gasteiger partial charge in [-0.15, -0.1) is 5.10 Å². The molecule has 0 saturated heterocycles. The molecular weight excluding hydrogens is 298 g/mol. The van der Waals surface area contributed by atoms with Crippen molar-refractivity contribution < 1.29 is 0 Å². The molecule has 0 bridgehead atoms. The maximum atomic E-state index is 11.7. The molecule has 0 unspecified atom stereocenters. The summed E-state index contributed by atoms with van der Waals surface area (Å²) in [4.78, 5) is 20.4. The highest BCUT2D eigenvalue weighted by atomic mass is 35.5. The van der Waals surface area contributed by atoms with E-state index in [1.807, 2.05) is 13.8 Å². The summed E-state index contributed by atoms with van der Waals surface area (Å²) in [6.07, 6.45) is 2.05. The van der Waals surface area contributed by atoms with Crippen molar-refractivity contribution in [2.45, 2.75) is 48.8 Å². The first-order chi connectivity index (χ1) is 9.54. The largest absolute Gasteiger partial charge is 0.344 e.